The van der Waals surface area contributed by atoms with Gasteiger partial charge in [0, 0.05) is 12.0 Å². The summed E-state index contributed by atoms with van der Waals surface area (Å²) in [4.78, 5) is 35.5. The molecule has 0 fully saturated rings. The van der Waals surface area contributed by atoms with Crippen molar-refractivity contribution in [3.8, 4) is 0 Å². The van der Waals surface area contributed by atoms with E-state index in [1.54, 1.807) is 12.1 Å². The van der Waals surface area contributed by atoms with Crippen LogP contribution in [0.1, 0.15) is 35.9 Å². The van der Waals surface area contributed by atoms with E-state index < -0.39 is 23.8 Å². The monoisotopic (exact) mass is 347 g/mol. The number of amides is 1. The molecular weight excluding hydrogens is 329 g/mol. The molecule has 0 saturated heterocycles. The number of nitrogens with one attached hydrogen (secondary N) is 1. The lowest BCUT2D eigenvalue weighted by Gasteiger charge is -2.12. The van der Waals surface area contributed by atoms with Crippen LogP contribution >= 0.6 is 0 Å². The summed E-state index contributed by atoms with van der Waals surface area (Å²) >= 11 is 0. The Morgan fingerprint density at radius 3 is 2.52 bits per heavy atom. The first-order chi connectivity index (χ1) is 12.0. The van der Waals surface area contributed by atoms with Gasteiger partial charge >= 0.3 is 5.97 Å². The van der Waals surface area contributed by atoms with E-state index in [4.69, 9.17) is 9.15 Å². The summed E-state index contributed by atoms with van der Waals surface area (Å²) in [6, 6.07) is 8.47. The van der Waals surface area contributed by atoms with Crippen molar-refractivity contribution < 1.29 is 27.9 Å². The number of ketones is 1. The first kappa shape index (κ1) is 18.4. The first-order valence-corrected chi connectivity index (χ1v) is 7.74. The maximum atomic E-state index is 12.8. The van der Waals surface area contributed by atoms with Crippen molar-refractivity contribution in [2.24, 2.45) is 0 Å². The minimum atomic E-state index is -0.983. The van der Waals surface area contributed by atoms with Crippen LogP contribution in [0.4, 0.5) is 4.39 Å². The highest BCUT2D eigenvalue weighted by atomic mass is 19.1. The average molecular weight is 347 g/mol. The summed E-state index contributed by atoms with van der Waals surface area (Å²) in [5.41, 5.74) is 0.318. The second kappa shape index (κ2) is 8.77. The van der Waals surface area contributed by atoms with Gasteiger partial charge in [0.05, 0.1) is 19.2 Å². The molecule has 1 N–H and O–H groups in total. The van der Waals surface area contributed by atoms with Crippen LogP contribution in [0.2, 0.25) is 0 Å². The second-order valence-electron chi connectivity index (χ2n) is 5.36. The molecule has 2 rings (SSSR count). The summed E-state index contributed by atoms with van der Waals surface area (Å²) < 4.78 is 22.9. The summed E-state index contributed by atoms with van der Waals surface area (Å²) in [5.74, 6) is -1.28. The molecule has 6 nitrogen and oxygen atoms in total. The number of rotatable bonds is 8. The fourth-order valence-electron chi connectivity index (χ4n) is 2.04. The molecular formula is C18H18FNO5. The Morgan fingerprint density at radius 1 is 1.16 bits per heavy atom. The van der Waals surface area contributed by atoms with Gasteiger partial charge in [0.25, 0.3) is 5.91 Å². The fourth-order valence-corrected chi connectivity index (χ4v) is 2.04. The number of carbonyl (C=O) groups excluding carboxylic acids is 3. The number of furan rings is 1. The average Bonchev–Trinajstić information content (AvgIpc) is 3.11. The molecule has 1 aromatic carbocycles. The van der Waals surface area contributed by atoms with Crippen LogP contribution in [0.15, 0.2) is 47.1 Å². The molecule has 1 aromatic heterocycles. The Bertz CT molecular complexity index is 724. The SMILES string of the molecule is C[C@@H](OC(=O)CCC(=O)c1ccc(F)cc1)C(=O)NCc1ccco1. The number of hydrogen-bond donors (Lipinski definition) is 1. The third kappa shape index (κ3) is 5.87. The van der Waals surface area contributed by atoms with Crippen molar-refractivity contribution in [1.29, 1.82) is 0 Å². The molecule has 0 aliphatic rings. The highest BCUT2D eigenvalue weighted by molar-refractivity contribution is 5.97. The van der Waals surface area contributed by atoms with Gasteiger partial charge in [0.2, 0.25) is 0 Å². The lowest BCUT2D eigenvalue weighted by atomic mass is 10.1. The van der Waals surface area contributed by atoms with E-state index in [0.717, 1.165) is 0 Å². The van der Waals surface area contributed by atoms with Gasteiger partial charge in [-0.2, -0.15) is 0 Å². The number of hydrogen-bond acceptors (Lipinski definition) is 5. The van der Waals surface area contributed by atoms with Gasteiger partial charge in [-0.3, -0.25) is 14.4 Å². The molecule has 1 heterocycles. The minimum absolute atomic E-state index is 0.0782. The third-order valence-electron chi connectivity index (χ3n) is 3.42. The zero-order valence-electron chi connectivity index (χ0n) is 13.7. The summed E-state index contributed by atoms with van der Waals surface area (Å²) in [5, 5.41) is 2.57. The van der Waals surface area contributed by atoms with Gasteiger partial charge in [-0.15, -0.1) is 0 Å². The molecule has 1 atom stereocenters. The number of Topliss-reactive ketones (excluding diaryl/α,β-unsaturated/α-hetero) is 1. The normalized spacial score (nSPS) is 11.6. The lowest BCUT2D eigenvalue weighted by Crippen LogP contribution is -2.35. The predicted octanol–water partition coefficient (Wildman–Crippen LogP) is 2.63. The van der Waals surface area contributed by atoms with Crippen LogP contribution in [0.25, 0.3) is 0 Å². The van der Waals surface area contributed by atoms with Crippen molar-refractivity contribution in [2.45, 2.75) is 32.4 Å². The quantitative estimate of drug-likeness (QED) is 0.586. The maximum absolute atomic E-state index is 12.8. The van der Waals surface area contributed by atoms with E-state index in [2.05, 4.69) is 5.32 Å². The fraction of sp³-hybridized carbons (Fsp3) is 0.278. The Morgan fingerprint density at radius 2 is 1.88 bits per heavy atom. The van der Waals surface area contributed by atoms with Crippen molar-refractivity contribution >= 4 is 17.7 Å². The van der Waals surface area contributed by atoms with Gasteiger partial charge in [-0.05, 0) is 43.3 Å². The van der Waals surface area contributed by atoms with Crippen molar-refractivity contribution in [3.63, 3.8) is 0 Å². The molecule has 7 heteroatoms. The third-order valence-corrected chi connectivity index (χ3v) is 3.42. The van der Waals surface area contributed by atoms with Crippen LogP contribution in [0, 0.1) is 5.82 Å². The molecule has 0 unspecified atom stereocenters. The van der Waals surface area contributed by atoms with Crippen molar-refractivity contribution in [3.05, 3.63) is 59.8 Å². The van der Waals surface area contributed by atoms with Gasteiger partial charge < -0.3 is 14.5 Å². The van der Waals surface area contributed by atoms with E-state index >= 15 is 0 Å². The van der Waals surface area contributed by atoms with Gasteiger partial charge in [0.15, 0.2) is 11.9 Å². The summed E-state index contributed by atoms with van der Waals surface area (Å²) in [6.45, 7) is 1.63. The number of halogens is 1. The molecule has 2 aromatic rings. The zero-order valence-corrected chi connectivity index (χ0v) is 13.7. The standard InChI is InChI=1S/C18H18FNO5/c1-12(18(23)20-11-15-3-2-10-24-15)25-17(22)9-8-16(21)13-4-6-14(19)7-5-13/h2-7,10,12H,8-9,11H2,1H3,(H,20,23)/t12-/m1/s1. The first-order valence-electron chi connectivity index (χ1n) is 7.74. The number of carbonyl (C=O) groups is 3. The lowest BCUT2D eigenvalue weighted by molar-refractivity contribution is -0.154. The van der Waals surface area contributed by atoms with Crippen molar-refractivity contribution in [1.82, 2.24) is 5.32 Å². The van der Waals surface area contributed by atoms with E-state index in [9.17, 15) is 18.8 Å². The zero-order chi connectivity index (χ0) is 18.2. The van der Waals surface area contributed by atoms with Crippen LogP contribution in [0.3, 0.4) is 0 Å². The van der Waals surface area contributed by atoms with E-state index in [1.165, 1.54) is 37.5 Å². The topological polar surface area (TPSA) is 85.6 Å². The number of benzene rings is 1. The Labute approximate surface area is 144 Å². The number of ether oxygens (including phenoxy) is 1. The van der Waals surface area contributed by atoms with E-state index in [-0.39, 0.29) is 25.2 Å². The van der Waals surface area contributed by atoms with Crippen LogP contribution in [-0.2, 0) is 20.9 Å². The Hall–Kier alpha value is -2.96. The minimum Gasteiger partial charge on any atom is -0.467 e. The molecule has 0 aliphatic heterocycles. The van der Waals surface area contributed by atoms with Gasteiger partial charge in [0.1, 0.15) is 11.6 Å². The van der Waals surface area contributed by atoms with Crippen molar-refractivity contribution in [2.75, 3.05) is 0 Å². The Kier molecular flexibility index (Phi) is 6.45. The molecule has 1 amide bonds. The molecule has 0 saturated carbocycles. The van der Waals surface area contributed by atoms with E-state index in [0.29, 0.717) is 11.3 Å². The van der Waals surface area contributed by atoms with Crippen LogP contribution < -0.4 is 5.32 Å². The predicted molar refractivity (Wildman–Crippen MR) is 86.1 cm³/mol. The second-order valence-corrected chi connectivity index (χ2v) is 5.36. The molecule has 0 spiro atoms. The summed E-state index contributed by atoms with van der Waals surface area (Å²) in [7, 11) is 0. The highest BCUT2D eigenvalue weighted by Crippen LogP contribution is 2.08. The Balaban J connectivity index is 1.72. The smallest absolute Gasteiger partial charge is 0.307 e. The molecule has 0 radical (unpaired) electrons. The molecule has 25 heavy (non-hydrogen) atoms. The summed E-state index contributed by atoms with van der Waals surface area (Å²) in [6.07, 6.45) is 0.267. The maximum Gasteiger partial charge on any atom is 0.307 e. The highest BCUT2D eigenvalue weighted by Gasteiger charge is 2.18. The molecule has 132 valence electrons. The van der Waals surface area contributed by atoms with Gasteiger partial charge in [-0.1, -0.05) is 0 Å². The molecule has 0 bridgehead atoms. The van der Waals surface area contributed by atoms with Gasteiger partial charge in [-0.25, -0.2) is 4.39 Å². The number of esters is 1. The largest absolute Gasteiger partial charge is 0.467 e. The molecule has 0 aliphatic carbocycles. The van der Waals surface area contributed by atoms with Crippen LogP contribution in [0.5, 0.6) is 0 Å². The van der Waals surface area contributed by atoms with Crippen LogP contribution in [-0.4, -0.2) is 23.8 Å². The van der Waals surface area contributed by atoms with E-state index in [1.807, 2.05) is 0 Å².